The average molecular weight is 261 g/mol. The fourth-order valence-electron chi connectivity index (χ4n) is 1.66. The highest BCUT2D eigenvalue weighted by Gasteiger charge is 2.18. The van der Waals surface area contributed by atoms with E-state index in [1.807, 2.05) is 24.3 Å². The van der Waals surface area contributed by atoms with E-state index in [2.05, 4.69) is 15.3 Å². The number of amidine groups is 1. The minimum absolute atomic E-state index is 0.571. The number of nitrogens with two attached hydrogens (primary N) is 1. The molecule has 7 heteroatoms. The van der Waals surface area contributed by atoms with Crippen molar-refractivity contribution in [2.45, 2.75) is 5.16 Å². The Morgan fingerprint density at radius 2 is 2.06 bits per heavy atom. The minimum Gasteiger partial charge on any atom is -0.497 e. The van der Waals surface area contributed by atoms with Crippen molar-refractivity contribution in [3.63, 3.8) is 0 Å². The molecular weight excluding hydrogens is 250 g/mol. The van der Waals surface area contributed by atoms with Gasteiger partial charge >= 0.3 is 0 Å². The van der Waals surface area contributed by atoms with Crippen molar-refractivity contribution >= 4 is 17.6 Å². The third kappa shape index (κ3) is 1.82. The van der Waals surface area contributed by atoms with E-state index in [0.29, 0.717) is 17.4 Å². The van der Waals surface area contributed by atoms with Crippen LogP contribution in [0.3, 0.4) is 0 Å². The van der Waals surface area contributed by atoms with Crippen LogP contribution in [0.1, 0.15) is 0 Å². The average Bonchev–Trinajstić information content (AvgIpc) is 2.82. The van der Waals surface area contributed by atoms with Crippen LogP contribution in [0.2, 0.25) is 0 Å². The molecule has 1 aliphatic rings. The minimum atomic E-state index is 0.571. The highest BCUT2D eigenvalue weighted by molar-refractivity contribution is 7.99. The third-order valence-corrected chi connectivity index (χ3v) is 3.49. The number of hydrogen-bond acceptors (Lipinski definition) is 6. The molecule has 0 fully saturated rings. The van der Waals surface area contributed by atoms with Crippen LogP contribution in [0.5, 0.6) is 5.75 Å². The van der Waals surface area contributed by atoms with Crippen molar-refractivity contribution in [1.82, 2.24) is 14.9 Å². The maximum absolute atomic E-state index is 5.73. The van der Waals surface area contributed by atoms with E-state index in [0.717, 1.165) is 16.5 Å². The Morgan fingerprint density at radius 3 is 2.78 bits per heavy atom. The van der Waals surface area contributed by atoms with Crippen LogP contribution >= 0.6 is 11.8 Å². The van der Waals surface area contributed by atoms with Crippen molar-refractivity contribution in [2.75, 3.05) is 12.9 Å². The molecule has 1 aromatic carbocycles. The van der Waals surface area contributed by atoms with Crippen LogP contribution in [0, 0.1) is 0 Å². The fourth-order valence-corrected chi connectivity index (χ4v) is 2.34. The van der Waals surface area contributed by atoms with E-state index in [-0.39, 0.29) is 0 Å². The molecule has 0 saturated carbocycles. The molecule has 0 atom stereocenters. The molecule has 6 nitrogen and oxygen atoms in total. The monoisotopic (exact) mass is 261 g/mol. The second kappa shape index (κ2) is 4.34. The van der Waals surface area contributed by atoms with Gasteiger partial charge in [-0.15, -0.1) is 10.2 Å². The highest BCUT2D eigenvalue weighted by Crippen LogP contribution is 2.27. The van der Waals surface area contributed by atoms with Gasteiger partial charge in [-0.05, 0) is 24.3 Å². The summed E-state index contributed by atoms with van der Waals surface area (Å²) in [6.07, 6.45) is 0. The van der Waals surface area contributed by atoms with E-state index in [1.54, 1.807) is 11.8 Å². The summed E-state index contributed by atoms with van der Waals surface area (Å²) in [5.74, 6) is 2.71. The molecule has 0 aliphatic carbocycles. The number of nitrogens with zero attached hydrogens (tertiary/aromatic N) is 4. The van der Waals surface area contributed by atoms with Gasteiger partial charge in [-0.1, -0.05) is 11.8 Å². The summed E-state index contributed by atoms with van der Waals surface area (Å²) >= 11 is 1.53. The molecule has 92 valence electrons. The molecule has 0 radical (unpaired) electrons. The zero-order valence-corrected chi connectivity index (χ0v) is 10.5. The molecule has 2 N–H and O–H groups in total. The van der Waals surface area contributed by atoms with Crippen LogP contribution in [0.15, 0.2) is 34.5 Å². The van der Waals surface area contributed by atoms with E-state index >= 15 is 0 Å². The number of methoxy groups -OCH3 is 1. The Bertz CT molecular complexity index is 604. The van der Waals surface area contributed by atoms with Gasteiger partial charge in [0, 0.05) is 5.56 Å². The molecule has 0 saturated heterocycles. The number of benzene rings is 1. The lowest BCUT2D eigenvalue weighted by Gasteiger charge is -2.10. The number of aromatic nitrogens is 3. The Kier molecular flexibility index (Phi) is 2.67. The molecule has 2 aromatic rings. The van der Waals surface area contributed by atoms with Gasteiger partial charge in [0.05, 0.1) is 12.9 Å². The molecule has 0 amide bonds. The van der Waals surface area contributed by atoms with Gasteiger partial charge in [0.2, 0.25) is 5.16 Å². The lowest BCUT2D eigenvalue weighted by Crippen LogP contribution is -2.20. The van der Waals surface area contributed by atoms with Crippen LogP contribution in [0.4, 0.5) is 0 Å². The quantitative estimate of drug-likeness (QED) is 0.878. The third-order valence-electron chi connectivity index (χ3n) is 2.54. The van der Waals surface area contributed by atoms with Crippen LogP contribution in [-0.2, 0) is 0 Å². The fraction of sp³-hybridized carbons (Fsp3) is 0.182. The van der Waals surface area contributed by atoms with Gasteiger partial charge in [0.25, 0.3) is 0 Å². The maximum Gasteiger partial charge on any atom is 0.212 e. The highest BCUT2D eigenvalue weighted by atomic mass is 32.2. The SMILES string of the molecule is COc1ccc(-c2nnc3n2N=C(N)CS3)cc1. The predicted molar refractivity (Wildman–Crippen MR) is 69.8 cm³/mol. The summed E-state index contributed by atoms with van der Waals surface area (Å²) in [7, 11) is 1.63. The van der Waals surface area contributed by atoms with E-state index in [9.17, 15) is 0 Å². The second-order valence-corrected chi connectivity index (χ2v) is 4.67. The lowest BCUT2D eigenvalue weighted by molar-refractivity contribution is 0.415. The summed E-state index contributed by atoms with van der Waals surface area (Å²) in [5, 5.41) is 13.3. The zero-order chi connectivity index (χ0) is 12.5. The van der Waals surface area contributed by atoms with Crippen molar-refractivity contribution in [2.24, 2.45) is 10.8 Å². The Balaban J connectivity index is 2.05. The number of fused-ring (bicyclic) bond motifs is 1. The summed E-state index contributed by atoms with van der Waals surface area (Å²) in [4.78, 5) is 0. The van der Waals surface area contributed by atoms with Crippen LogP contribution in [0.25, 0.3) is 11.4 Å². The number of hydrogen-bond donors (Lipinski definition) is 1. The van der Waals surface area contributed by atoms with Crippen molar-refractivity contribution < 1.29 is 4.74 Å². The first kappa shape index (κ1) is 11.1. The molecular formula is C11H11N5OS. The Hall–Kier alpha value is -2.02. The Morgan fingerprint density at radius 1 is 1.28 bits per heavy atom. The standard InChI is InChI=1S/C11H11N5OS/c1-17-8-4-2-7(3-5-8)10-13-14-11-16(10)15-9(12)6-18-11/h2-5H,6H2,1H3,(H2,12,15). The second-order valence-electron chi connectivity index (χ2n) is 3.73. The van der Waals surface area contributed by atoms with Gasteiger partial charge in [-0.25, -0.2) is 0 Å². The van der Waals surface area contributed by atoms with E-state index < -0.39 is 0 Å². The number of thioether (sulfide) groups is 1. The van der Waals surface area contributed by atoms with Crippen molar-refractivity contribution in [1.29, 1.82) is 0 Å². The summed E-state index contributed by atoms with van der Waals surface area (Å²) in [6, 6.07) is 7.59. The van der Waals surface area contributed by atoms with Gasteiger partial charge in [0.1, 0.15) is 11.6 Å². The molecule has 0 unspecified atom stereocenters. The van der Waals surface area contributed by atoms with Crippen LogP contribution in [-0.4, -0.2) is 33.6 Å². The van der Waals surface area contributed by atoms with Gasteiger partial charge in [-0.2, -0.15) is 9.78 Å². The number of ether oxygens (including phenoxy) is 1. The molecule has 1 aliphatic heterocycles. The molecule has 2 heterocycles. The maximum atomic E-state index is 5.73. The van der Waals surface area contributed by atoms with Crippen LogP contribution < -0.4 is 10.5 Å². The predicted octanol–water partition coefficient (Wildman–Crippen LogP) is 1.18. The molecule has 1 aromatic heterocycles. The zero-order valence-electron chi connectivity index (χ0n) is 9.70. The normalized spacial score (nSPS) is 13.9. The molecule has 3 rings (SSSR count). The lowest BCUT2D eigenvalue weighted by atomic mass is 10.2. The van der Waals surface area contributed by atoms with E-state index in [4.69, 9.17) is 10.5 Å². The molecule has 18 heavy (non-hydrogen) atoms. The summed E-state index contributed by atoms with van der Waals surface area (Å²) < 4.78 is 6.79. The first-order valence-corrected chi connectivity index (χ1v) is 6.32. The van der Waals surface area contributed by atoms with Gasteiger partial charge < -0.3 is 10.5 Å². The van der Waals surface area contributed by atoms with Gasteiger partial charge in [-0.3, -0.25) is 0 Å². The largest absolute Gasteiger partial charge is 0.497 e. The van der Waals surface area contributed by atoms with E-state index in [1.165, 1.54) is 11.8 Å². The first-order valence-electron chi connectivity index (χ1n) is 5.34. The topological polar surface area (TPSA) is 78.3 Å². The number of rotatable bonds is 2. The van der Waals surface area contributed by atoms with Crippen molar-refractivity contribution in [3.8, 4) is 17.1 Å². The van der Waals surface area contributed by atoms with Crippen molar-refractivity contribution in [3.05, 3.63) is 24.3 Å². The van der Waals surface area contributed by atoms with Gasteiger partial charge in [0.15, 0.2) is 5.82 Å². The molecule has 0 bridgehead atoms. The Labute approximate surface area is 108 Å². The summed E-state index contributed by atoms with van der Waals surface area (Å²) in [6.45, 7) is 0. The first-order chi connectivity index (χ1) is 8.78. The summed E-state index contributed by atoms with van der Waals surface area (Å²) in [5.41, 5.74) is 6.66. The smallest absolute Gasteiger partial charge is 0.212 e. The molecule has 0 spiro atoms.